The molecule has 0 spiro atoms. The largest absolute Gasteiger partial charge is 0.494 e. The molecule has 2 bridgehead atoms. The first kappa shape index (κ1) is 18.6. The number of nitrogens with one attached hydrogen (secondary N) is 1. The maximum absolute atomic E-state index is 5.53. The fourth-order valence-corrected chi connectivity index (χ4v) is 5.59. The summed E-state index contributed by atoms with van der Waals surface area (Å²) in [6, 6.07) is 8.15. The molecular formula is C22H29N3OS. The van der Waals surface area contributed by atoms with E-state index in [-0.39, 0.29) is 5.41 Å². The van der Waals surface area contributed by atoms with Gasteiger partial charge in [0, 0.05) is 21.6 Å². The number of hydrazone groups is 1. The molecule has 0 amide bonds. The van der Waals surface area contributed by atoms with E-state index in [1.54, 1.807) is 11.8 Å². The Balaban J connectivity index is 1.52. The number of hydrogen-bond acceptors (Lipinski definition) is 5. The Morgan fingerprint density at radius 2 is 2.00 bits per heavy atom. The number of fused-ring (bicyclic) bond motifs is 2. The summed E-state index contributed by atoms with van der Waals surface area (Å²) in [5.41, 5.74) is 7.30. The molecule has 2 fully saturated rings. The first-order valence-electron chi connectivity index (χ1n) is 9.89. The summed E-state index contributed by atoms with van der Waals surface area (Å²) < 4.78 is 5.53. The molecule has 5 heteroatoms. The van der Waals surface area contributed by atoms with Crippen LogP contribution in [0.15, 0.2) is 39.3 Å². The molecule has 2 saturated carbocycles. The Hall–Kier alpha value is -1.75. The molecule has 0 unspecified atom stereocenters. The number of nitrogens with zero attached hydrogens (tertiary/aromatic N) is 2. The van der Waals surface area contributed by atoms with E-state index in [9.17, 15) is 0 Å². The topological polar surface area (TPSA) is 46.0 Å². The molecule has 1 N–H and O–H groups in total. The van der Waals surface area contributed by atoms with Gasteiger partial charge in [-0.1, -0.05) is 32.5 Å². The molecule has 27 heavy (non-hydrogen) atoms. The predicted molar refractivity (Wildman–Crippen MR) is 115 cm³/mol. The van der Waals surface area contributed by atoms with Crippen molar-refractivity contribution in [3.8, 4) is 5.75 Å². The second-order valence-electron chi connectivity index (χ2n) is 8.55. The van der Waals surface area contributed by atoms with Crippen LogP contribution in [0.3, 0.4) is 0 Å². The van der Waals surface area contributed by atoms with Crippen molar-refractivity contribution in [3.63, 3.8) is 0 Å². The highest BCUT2D eigenvalue weighted by Crippen LogP contribution is 2.64. The van der Waals surface area contributed by atoms with Gasteiger partial charge in [0.05, 0.1) is 12.3 Å². The number of rotatable bonds is 3. The van der Waals surface area contributed by atoms with Crippen LogP contribution in [0.2, 0.25) is 0 Å². The third-order valence-electron chi connectivity index (χ3n) is 7.06. The van der Waals surface area contributed by atoms with Crippen molar-refractivity contribution in [2.75, 3.05) is 6.61 Å². The molecule has 1 aliphatic heterocycles. The Kier molecular flexibility index (Phi) is 4.61. The summed E-state index contributed by atoms with van der Waals surface area (Å²) >= 11 is 1.67. The van der Waals surface area contributed by atoms with Crippen molar-refractivity contribution in [3.05, 3.63) is 34.7 Å². The van der Waals surface area contributed by atoms with Crippen molar-refractivity contribution in [2.45, 2.75) is 53.9 Å². The van der Waals surface area contributed by atoms with Crippen LogP contribution in [0.4, 0.5) is 0 Å². The summed E-state index contributed by atoms with van der Waals surface area (Å²) in [5.74, 6) is 1.66. The zero-order valence-electron chi connectivity index (χ0n) is 16.9. The number of thioether (sulfide) groups is 1. The van der Waals surface area contributed by atoms with E-state index >= 15 is 0 Å². The van der Waals surface area contributed by atoms with Gasteiger partial charge in [-0.25, -0.2) is 4.99 Å². The fourth-order valence-electron chi connectivity index (χ4n) is 4.81. The summed E-state index contributed by atoms with van der Waals surface area (Å²) in [6.07, 6.45) is 3.71. The molecule has 0 aromatic heterocycles. The summed E-state index contributed by atoms with van der Waals surface area (Å²) in [7, 11) is 0. The molecule has 0 radical (unpaired) electrons. The molecule has 1 heterocycles. The maximum Gasteiger partial charge on any atom is 0.211 e. The molecule has 3 aliphatic rings. The highest BCUT2D eigenvalue weighted by atomic mass is 32.2. The Morgan fingerprint density at radius 3 is 2.56 bits per heavy atom. The van der Waals surface area contributed by atoms with Gasteiger partial charge < -0.3 is 4.74 Å². The minimum atomic E-state index is 0.216. The minimum absolute atomic E-state index is 0.216. The summed E-state index contributed by atoms with van der Waals surface area (Å²) in [6.45, 7) is 12.0. The smallest absolute Gasteiger partial charge is 0.211 e. The lowest BCUT2D eigenvalue weighted by Gasteiger charge is -2.34. The normalized spacial score (nSPS) is 30.5. The van der Waals surface area contributed by atoms with Crippen LogP contribution >= 0.6 is 11.8 Å². The van der Waals surface area contributed by atoms with Crippen molar-refractivity contribution in [2.24, 2.45) is 26.8 Å². The number of hydrogen-bond donors (Lipinski definition) is 1. The van der Waals surface area contributed by atoms with Gasteiger partial charge >= 0.3 is 0 Å². The van der Waals surface area contributed by atoms with Gasteiger partial charge in [-0.3, -0.25) is 5.43 Å². The van der Waals surface area contributed by atoms with Gasteiger partial charge in [-0.2, -0.15) is 0 Å². The zero-order chi connectivity index (χ0) is 19.2. The molecule has 4 rings (SSSR count). The minimum Gasteiger partial charge on any atom is -0.494 e. The third kappa shape index (κ3) is 3.00. The van der Waals surface area contributed by atoms with Crippen molar-refractivity contribution >= 4 is 28.3 Å². The summed E-state index contributed by atoms with van der Waals surface area (Å²) in [4.78, 5) is 6.21. The van der Waals surface area contributed by atoms with Gasteiger partial charge in [0.2, 0.25) is 5.17 Å². The lowest BCUT2D eigenvalue weighted by atomic mass is 9.70. The highest BCUT2D eigenvalue weighted by Gasteiger charge is 2.59. The van der Waals surface area contributed by atoms with Crippen LogP contribution in [0, 0.1) is 16.7 Å². The molecule has 1 aromatic carbocycles. The van der Waals surface area contributed by atoms with E-state index < -0.39 is 0 Å². The van der Waals surface area contributed by atoms with Gasteiger partial charge in [0.25, 0.3) is 0 Å². The lowest BCUT2D eigenvalue weighted by molar-refractivity contribution is 0.194. The first-order chi connectivity index (χ1) is 12.8. The van der Waals surface area contributed by atoms with E-state index in [0.29, 0.717) is 12.0 Å². The molecule has 0 saturated heterocycles. The predicted octanol–water partition coefficient (Wildman–Crippen LogP) is 5.67. The van der Waals surface area contributed by atoms with Crippen LogP contribution in [0.25, 0.3) is 5.70 Å². The number of amidine groups is 1. The SMILES string of the molecule is CCOc1ccc(C2=C(C)SC(N=C3C[C@@H]4CC[C@@]3(C)C4(C)C)=NN2)cc1. The standard InChI is InChI=1S/C22H29N3OS/c1-6-26-17-9-7-15(8-10-17)19-14(2)27-20(25-24-19)23-18-13-16-11-12-22(18,5)21(16,3)4/h7-10,16,24H,6,11-13H2,1-5H3/t16-,22+/m0/s1. The number of benzene rings is 1. The van der Waals surface area contributed by atoms with E-state index in [1.807, 2.05) is 19.1 Å². The second-order valence-corrected chi connectivity index (χ2v) is 9.73. The number of allylic oxidation sites excluding steroid dienone is 1. The van der Waals surface area contributed by atoms with E-state index in [0.717, 1.165) is 34.5 Å². The van der Waals surface area contributed by atoms with Crippen LogP contribution in [0.1, 0.15) is 59.4 Å². The van der Waals surface area contributed by atoms with Gasteiger partial charge in [-0.15, -0.1) is 5.10 Å². The van der Waals surface area contributed by atoms with Crippen LogP contribution < -0.4 is 10.2 Å². The molecule has 144 valence electrons. The second kappa shape index (κ2) is 6.69. The first-order valence-corrected chi connectivity index (χ1v) is 10.7. The molecule has 4 nitrogen and oxygen atoms in total. The van der Waals surface area contributed by atoms with Crippen LogP contribution in [0.5, 0.6) is 5.75 Å². The fraction of sp³-hybridized carbons (Fsp3) is 0.545. The number of ether oxygens (including phenoxy) is 1. The van der Waals surface area contributed by atoms with Crippen molar-refractivity contribution in [1.29, 1.82) is 0 Å². The van der Waals surface area contributed by atoms with Gasteiger partial charge in [-0.05, 0) is 68.7 Å². The Morgan fingerprint density at radius 1 is 1.26 bits per heavy atom. The Bertz CT molecular complexity index is 838. The maximum atomic E-state index is 5.53. The van der Waals surface area contributed by atoms with Crippen molar-refractivity contribution < 1.29 is 4.74 Å². The van der Waals surface area contributed by atoms with Gasteiger partial charge in [0.1, 0.15) is 5.75 Å². The summed E-state index contributed by atoms with van der Waals surface area (Å²) in [5, 5.41) is 5.41. The average molecular weight is 384 g/mol. The lowest BCUT2D eigenvalue weighted by Crippen LogP contribution is -2.33. The number of aliphatic imine (C=N–C) groups is 1. The molecule has 1 aromatic rings. The van der Waals surface area contributed by atoms with Crippen LogP contribution in [-0.2, 0) is 0 Å². The Labute approximate surface area is 166 Å². The quantitative estimate of drug-likeness (QED) is 0.731. The highest BCUT2D eigenvalue weighted by molar-refractivity contribution is 8.17. The monoisotopic (exact) mass is 383 g/mol. The molecular weight excluding hydrogens is 354 g/mol. The molecule has 2 atom stereocenters. The van der Waals surface area contributed by atoms with E-state index in [4.69, 9.17) is 9.73 Å². The van der Waals surface area contributed by atoms with Gasteiger partial charge in [0.15, 0.2) is 0 Å². The van der Waals surface area contributed by atoms with E-state index in [1.165, 1.54) is 23.5 Å². The third-order valence-corrected chi connectivity index (χ3v) is 7.93. The average Bonchev–Trinajstić information content (AvgIpc) is 2.97. The molecule has 2 aliphatic carbocycles. The van der Waals surface area contributed by atoms with E-state index in [2.05, 4.69) is 50.4 Å². The van der Waals surface area contributed by atoms with Crippen molar-refractivity contribution in [1.82, 2.24) is 5.43 Å². The zero-order valence-corrected chi connectivity index (χ0v) is 17.7. The van der Waals surface area contributed by atoms with Crippen LogP contribution in [-0.4, -0.2) is 17.5 Å².